The van der Waals surface area contributed by atoms with Crippen molar-refractivity contribution in [1.29, 1.82) is 0 Å². The first-order chi connectivity index (χ1) is 10.0. The van der Waals surface area contributed by atoms with Gasteiger partial charge in [-0.1, -0.05) is 0 Å². The van der Waals surface area contributed by atoms with Crippen LogP contribution in [0.5, 0.6) is 0 Å². The molecular weight excluding hydrogens is 352 g/mol. The molecule has 0 aliphatic carbocycles. The van der Waals surface area contributed by atoms with Crippen molar-refractivity contribution in [3.8, 4) is 0 Å². The Labute approximate surface area is 134 Å². The Hall–Kier alpha value is -1.73. The van der Waals surface area contributed by atoms with E-state index in [4.69, 9.17) is 0 Å². The highest BCUT2D eigenvalue weighted by Crippen LogP contribution is 2.17. The van der Waals surface area contributed by atoms with Crippen LogP contribution < -0.4 is 5.32 Å². The fraction of sp³-hybridized carbons (Fsp3) is 0.214. The number of fused-ring (bicyclic) bond motifs is 1. The van der Waals surface area contributed by atoms with E-state index >= 15 is 0 Å². The zero-order chi connectivity index (χ0) is 15.0. The first-order valence-electron chi connectivity index (χ1n) is 6.38. The van der Waals surface area contributed by atoms with Crippen LogP contribution in [0.1, 0.15) is 26.1 Å². The minimum absolute atomic E-state index is 0.101. The van der Waals surface area contributed by atoms with E-state index in [-0.39, 0.29) is 5.91 Å². The van der Waals surface area contributed by atoms with Gasteiger partial charge in [0.1, 0.15) is 10.5 Å². The van der Waals surface area contributed by atoms with Crippen LogP contribution in [0.2, 0.25) is 0 Å². The Morgan fingerprint density at radius 2 is 2.14 bits per heavy atom. The van der Waals surface area contributed by atoms with E-state index in [9.17, 15) is 4.79 Å². The van der Waals surface area contributed by atoms with Gasteiger partial charge in [0.25, 0.3) is 5.91 Å². The second-order valence-electron chi connectivity index (χ2n) is 4.68. The molecule has 3 heterocycles. The molecule has 0 aliphatic heterocycles. The standard InChI is InChI=1S/C14H13BrN4OS/c1-8-13(21-9(2)17-8)14(20)16-5-11-7-19-6-10(15)3-4-12(19)18-11/h3-4,6-7H,5H2,1-2H3,(H,16,20). The second-order valence-corrected chi connectivity index (χ2v) is 6.79. The quantitative estimate of drug-likeness (QED) is 0.776. The predicted molar refractivity (Wildman–Crippen MR) is 85.7 cm³/mol. The van der Waals surface area contributed by atoms with E-state index < -0.39 is 0 Å². The number of pyridine rings is 1. The van der Waals surface area contributed by atoms with Gasteiger partial charge in [0.05, 0.1) is 22.9 Å². The largest absolute Gasteiger partial charge is 0.346 e. The summed E-state index contributed by atoms with van der Waals surface area (Å²) >= 11 is 4.83. The highest BCUT2D eigenvalue weighted by atomic mass is 79.9. The van der Waals surface area contributed by atoms with Gasteiger partial charge in [-0.2, -0.15) is 0 Å². The van der Waals surface area contributed by atoms with E-state index in [1.54, 1.807) is 0 Å². The van der Waals surface area contributed by atoms with Crippen molar-refractivity contribution in [3.05, 3.63) is 50.3 Å². The van der Waals surface area contributed by atoms with Crippen molar-refractivity contribution < 1.29 is 4.79 Å². The van der Waals surface area contributed by atoms with Crippen molar-refractivity contribution >= 4 is 38.8 Å². The normalized spacial score (nSPS) is 11.0. The molecule has 3 rings (SSSR count). The van der Waals surface area contributed by atoms with Crippen molar-refractivity contribution in [2.45, 2.75) is 20.4 Å². The fourth-order valence-electron chi connectivity index (χ4n) is 2.10. The first kappa shape index (κ1) is 14.2. The Kier molecular flexibility index (Phi) is 3.77. The number of aromatic nitrogens is 3. The molecule has 108 valence electrons. The summed E-state index contributed by atoms with van der Waals surface area (Å²) in [4.78, 5) is 21.5. The number of carbonyl (C=O) groups is 1. The van der Waals surface area contributed by atoms with Crippen LogP contribution in [0.25, 0.3) is 5.65 Å². The molecule has 0 spiro atoms. The first-order valence-corrected chi connectivity index (χ1v) is 7.99. The SMILES string of the molecule is Cc1nc(C)c(C(=O)NCc2cn3cc(Br)ccc3n2)s1. The van der Waals surface area contributed by atoms with Gasteiger partial charge in [-0.05, 0) is 41.9 Å². The predicted octanol–water partition coefficient (Wildman–Crippen LogP) is 3.10. The fourth-order valence-corrected chi connectivity index (χ4v) is 3.28. The maximum absolute atomic E-state index is 12.1. The number of nitrogens with one attached hydrogen (secondary N) is 1. The van der Waals surface area contributed by atoms with Crippen LogP contribution in [-0.4, -0.2) is 20.3 Å². The van der Waals surface area contributed by atoms with Crippen LogP contribution in [-0.2, 0) is 6.54 Å². The third kappa shape index (κ3) is 2.98. The summed E-state index contributed by atoms with van der Waals surface area (Å²) in [6.45, 7) is 4.14. The average molecular weight is 365 g/mol. The maximum Gasteiger partial charge on any atom is 0.263 e. The van der Waals surface area contributed by atoms with Crippen LogP contribution in [0, 0.1) is 13.8 Å². The van der Waals surface area contributed by atoms with E-state index in [2.05, 4.69) is 31.2 Å². The van der Waals surface area contributed by atoms with E-state index in [0.717, 1.165) is 26.5 Å². The number of halogens is 1. The molecule has 3 aromatic rings. The molecule has 1 amide bonds. The highest BCUT2D eigenvalue weighted by Gasteiger charge is 2.13. The third-order valence-corrected chi connectivity index (χ3v) is 4.55. The molecule has 1 N–H and O–H groups in total. The van der Waals surface area contributed by atoms with Crippen LogP contribution in [0.3, 0.4) is 0 Å². The second kappa shape index (κ2) is 5.57. The smallest absolute Gasteiger partial charge is 0.263 e. The van der Waals surface area contributed by atoms with E-state index in [1.807, 2.05) is 42.8 Å². The van der Waals surface area contributed by atoms with Gasteiger partial charge in [0, 0.05) is 16.9 Å². The lowest BCUT2D eigenvalue weighted by molar-refractivity contribution is 0.0953. The third-order valence-electron chi connectivity index (χ3n) is 3.00. The number of hydrogen-bond donors (Lipinski definition) is 1. The Morgan fingerprint density at radius 1 is 1.33 bits per heavy atom. The van der Waals surface area contributed by atoms with Crippen molar-refractivity contribution in [2.24, 2.45) is 0 Å². The van der Waals surface area contributed by atoms with Crippen LogP contribution >= 0.6 is 27.3 Å². The maximum atomic E-state index is 12.1. The number of carbonyl (C=O) groups excluding carboxylic acids is 1. The van der Waals surface area contributed by atoms with E-state index in [1.165, 1.54) is 11.3 Å². The zero-order valence-electron chi connectivity index (χ0n) is 11.6. The molecule has 5 nitrogen and oxygen atoms in total. The van der Waals surface area contributed by atoms with Gasteiger partial charge in [-0.25, -0.2) is 9.97 Å². The van der Waals surface area contributed by atoms with Gasteiger partial charge in [-0.15, -0.1) is 11.3 Å². The lowest BCUT2D eigenvalue weighted by Crippen LogP contribution is -2.22. The lowest BCUT2D eigenvalue weighted by atomic mass is 10.3. The van der Waals surface area contributed by atoms with Crippen LogP contribution in [0.15, 0.2) is 29.0 Å². The number of hydrogen-bond acceptors (Lipinski definition) is 4. The molecule has 0 saturated carbocycles. The molecule has 7 heteroatoms. The minimum atomic E-state index is -0.101. The lowest BCUT2D eigenvalue weighted by Gasteiger charge is -2.00. The monoisotopic (exact) mass is 364 g/mol. The average Bonchev–Trinajstić information content (AvgIpc) is 2.98. The molecule has 0 fully saturated rings. The molecule has 0 unspecified atom stereocenters. The van der Waals surface area contributed by atoms with Gasteiger partial charge in [0.2, 0.25) is 0 Å². The molecule has 0 atom stereocenters. The minimum Gasteiger partial charge on any atom is -0.346 e. The molecular formula is C14H13BrN4OS. The molecule has 0 bridgehead atoms. The van der Waals surface area contributed by atoms with Gasteiger partial charge >= 0.3 is 0 Å². The molecule has 0 radical (unpaired) electrons. The summed E-state index contributed by atoms with van der Waals surface area (Å²) < 4.78 is 2.91. The van der Waals surface area contributed by atoms with Crippen LogP contribution in [0.4, 0.5) is 0 Å². The van der Waals surface area contributed by atoms with Crippen molar-refractivity contribution in [3.63, 3.8) is 0 Å². The summed E-state index contributed by atoms with van der Waals surface area (Å²) in [6.07, 6.45) is 3.84. The topological polar surface area (TPSA) is 59.3 Å². The summed E-state index contributed by atoms with van der Waals surface area (Å²) in [6, 6.07) is 3.86. The number of rotatable bonds is 3. The van der Waals surface area contributed by atoms with Gasteiger partial charge < -0.3 is 9.72 Å². The summed E-state index contributed by atoms with van der Waals surface area (Å²) in [5.74, 6) is -0.101. The molecule has 0 aromatic carbocycles. The molecule has 0 saturated heterocycles. The van der Waals surface area contributed by atoms with Gasteiger partial charge in [-0.3, -0.25) is 4.79 Å². The van der Waals surface area contributed by atoms with E-state index in [0.29, 0.717) is 11.4 Å². The molecule has 21 heavy (non-hydrogen) atoms. The molecule has 3 aromatic heterocycles. The number of aryl methyl sites for hydroxylation is 2. The van der Waals surface area contributed by atoms with Crippen molar-refractivity contribution in [2.75, 3.05) is 0 Å². The number of nitrogens with zero attached hydrogens (tertiary/aromatic N) is 3. The zero-order valence-corrected chi connectivity index (χ0v) is 14.0. The Bertz CT molecular complexity index is 824. The summed E-state index contributed by atoms with van der Waals surface area (Å²) in [5, 5.41) is 3.79. The summed E-state index contributed by atoms with van der Waals surface area (Å²) in [7, 11) is 0. The Balaban J connectivity index is 1.74. The van der Waals surface area contributed by atoms with Gasteiger partial charge in [0.15, 0.2) is 0 Å². The van der Waals surface area contributed by atoms with Crippen molar-refractivity contribution in [1.82, 2.24) is 19.7 Å². The Morgan fingerprint density at radius 3 is 2.86 bits per heavy atom. The molecule has 0 aliphatic rings. The number of imidazole rings is 1. The summed E-state index contributed by atoms with van der Waals surface area (Å²) in [5.41, 5.74) is 2.45. The number of amides is 1. The number of thiazole rings is 1. The highest BCUT2D eigenvalue weighted by molar-refractivity contribution is 9.10.